The largest absolute Gasteiger partial charge is 0.482 e. The maximum atomic E-state index is 12.1. The SMILES string of the molecule is NCc1ccc(C(=O)NCCCN2C(=O)COc3ccccc32)cc1. The number of fused-ring (bicyclic) bond motifs is 1. The van der Waals surface area contributed by atoms with Gasteiger partial charge in [0.2, 0.25) is 0 Å². The first kappa shape index (κ1) is 17.0. The van der Waals surface area contributed by atoms with Crippen LogP contribution in [0.15, 0.2) is 48.5 Å². The Balaban J connectivity index is 1.51. The zero-order chi connectivity index (χ0) is 17.6. The number of carbonyl (C=O) groups excluding carboxylic acids is 2. The number of rotatable bonds is 6. The van der Waals surface area contributed by atoms with E-state index in [2.05, 4.69) is 5.32 Å². The number of benzene rings is 2. The second-order valence-corrected chi connectivity index (χ2v) is 5.81. The van der Waals surface area contributed by atoms with E-state index in [0.717, 1.165) is 11.3 Å². The first-order valence-corrected chi connectivity index (χ1v) is 8.28. The van der Waals surface area contributed by atoms with Crippen molar-refractivity contribution in [1.29, 1.82) is 0 Å². The molecule has 1 aliphatic heterocycles. The standard InChI is InChI=1S/C19H21N3O3/c20-12-14-6-8-15(9-7-14)19(24)21-10-3-11-22-16-4-1-2-5-17(16)25-13-18(22)23/h1-2,4-9H,3,10-13,20H2,(H,21,24). The molecule has 2 aromatic carbocycles. The highest BCUT2D eigenvalue weighted by Gasteiger charge is 2.24. The molecule has 25 heavy (non-hydrogen) atoms. The van der Waals surface area contributed by atoms with E-state index in [1.807, 2.05) is 36.4 Å². The molecule has 2 amide bonds. The zero-order valence-electron chi connectivity index (χ0n) is 13.9. The number of ether oxygens (including phenoxy) is 1. The number of nitrogens with one attached hydrogen (secondary N) is 1. The molecule has 0 saturated heterocycles. The number of para-hydroxylation sites is 2. The lowest BCUT2D eigenvalue weighted by molar-refractivity contribution is -0.121. The lowest BCUT2D eigenvalue weighted by Gasteiger charge is -2.29. The van der Waals surface area contributed by atoms with Crippen LogP contribution in [0, 0.1) is 0 Å². The molecular formula is C19H21N3O3. The molecule has 6 nitrogen and oxygen atoms in total. The average Bonchev–Trinajstić information content (AvgIpc) is 2.66. The summed E-state index contributed by atoms with van der Waals surface area (Å²) >= 11 is 0. The topological polar surface area (TPSA) is 84.7 Å². The molecule has 0 atom stereocenters. The number of hydrogen-bond acceptors (Lipinski definition) is 4. The predicted molar refractivity (Wildman–Crippen MR) is 95.6 cm³/mol. The number of carbonyl (C=O) groups is 2. The fraction of sp³-hybridized carbons (Fsp3) is 0.263. The van der Waals surface area contributed by atoms with Crippen molar-refractivity contribution < 1.29 is 14.3 Å². The second-order valence-electron chi connectivity index (χ2n) is 5.81. The molecule has 3 N–H and O–H groups in total. The van der Waals surface area contributed by atoms with Gasteiger partial charge in [-0.1, -0.05) is 24.3 Å². The van der Waals surface area contributed by atoms with Crippen LogP contribution in [0.5, 0.6) is 5.75 Å². The van der Waals surface area contributed by atoms with Crippen LogP contribution in [0.4, 0.5) is 5.69 Å². The van der Waals surface area contributed by atoms with Crippen molar-refractivity contribution >= 4 is 17.5 Å². The van der Waals surface area contributed by atoms with Crippen molar-refractivity contribution in [2.24, 2.45) is 5.73 Å². The molecule has 6 heteroatoms. The van der Waals surface area contributed by atoms with Gasteiger partial charge in [-0.05, 0) is 36.2 Å². The second kappa shape index (κ2) is 7.81. The van der Waals surface area contributed by atoms with Crippen LogP contribution < -0.4 is 20.7 Å². The normalized spacial score (nSPS) is 13.2. The van der Waals surface area contributed by atoms with Crippen molar-refractivity contribution in [3.63, 3.8) is 0 Å². The van der Waals surface area contributed by atoms with Crippen molar-refractivity contribution in [3.8, 4) is 5.75 Å². The summed E-state index contributed by atoms with van der Waals surface area (Å²) in [5.74, 6) is 0.519. The van der Waals surface area contributed by atoms with Crippen LogP contribution >= 0.6 is 0 Å². The number of anilines is 1. The number of nitrogens with two attached hydrogens (primary N) is 1. The van der Waals surface area contributed by atoms with Crippen LogP contribution in [0.1, 0.15) is 22.3 Å². The smallest absolute Gasteiger partial charge is 0.265 e. The fourth-order valence-electron chi connectivity index (χ4n) is 2.73. The minimum Gasteiger partial charge on any atom is -0.482 e. The molecular weight excluding hydrogens is 318 g/mol. The Hall–Kier alpha value is -2.86. The summed E-state index contributed by atoms with van der Waals surface area (Å²) in [7, 11) is 0. The van der Waals surface area contributed by atoms with E-state index in [9.17, 15) is 9.59 Å². The minimum atomic E-state index is -0.128. The molecule has 0 aliphatic carbocycles. The van der Waals surface area contributed by atoms with Gasteiger partial charge < -0.3 is 20.7 Å². The maximum absolute atomic E-state index is 12.1. The van der Waals surface area contributed by atoms with E-state index < -0.39 is 0 Å². The van der Waals surface area contributed by atoms with Crippen LogP contribution in [0.2, 0.25) is 0 Å². The maximum Gasteiger partial charge on any atom is 0.265 e. The molecule has 1 aliphatic rings. The molecule has 0 unspecified atom stereocenters. The molecule has 1 heterocycles. The molecule has 0 bridgehead atoms. The molecule has 130 valence electrons. The van der Waals surface area contributed by atoms with E-state index in [0.29, 0.717) is 37.4 Å². The van der Waals surface area contributed by atoms with Crippen LogP contribution in [-0.2, 0) is 11.3 Å². The molecule has 0 spiro atoms. The van der Waals surface area contributed by atoms with Gasteiger partial charge in [0, 0.05) is 25.2 Å². The van der Waals surface area contributed by atoms with Gasteiger partial charge >= 0.3 is 0 Å². The van der Waals surface area contributed by atoms with Crippen molar-refractivity contribution in [2.75, 3.05) is 24.6 Å². The number of amides is 2. The van der Waals surface area contributed by atoms with Gasteiger partial charge in [0.25, 0.3) is 11.8 Å². The minimum absolute atomic E-state index is 0.0524. The fourth-order valence-corrected chi connectivity index (χ4v) is 2.73. The summed E-state index contributed by atoms with van der Waals surface area (Å²) in [5, 5.41) is 2.88. The first-order chi connectivity index (χ1) is 12.2. The third-order valence-corrected chi connectivity index (χ3v) is 4.10. The van der Waals surface area contributed by atoms with Crippen molar-refractivity contribution in [2.45, 2.75) is 13.0 Å². The van der Waals surface area contributed by atoms with E-state index in [1.54, 1.807) is 17.0 Å². The molecule has 2 aromatic rings. The van der Waals surface area contributed by atoms with Gasteiger partial charge in [-0.25, -0.2) is 0 Å². The summed E-state index contributed by atoms with van der Waals surface area (Å²) in [4.78, 5) is 25.9. The summed E-state index contributed by atoms with van der Waals surface area (Å²) in [6, 6.07) is 14.7. The van der Waals surface area contributed by atoms with E-state index in [1.165, 1.54) is 0 Å². The van der Waals surface area contributed by atoms with Gasteiger partial charge in [-0.15, -0.1) is 0 Å². The third-order valence-electron chi connectivity index (χ3n) is 4.10. The third kappa shape index (κ3) is 3.97. The van der Waals surface area contributed by atoms with Crippen molar-refractivity contribution in [3.05, 3.63) is 59.7 Å². The number of nitrogens with zero attached hydrogens (tertiary/aromatic N) is 1. The van der Waals surface area contributed by atoms with Crippen LogP contribution in [0.3, 0.4) is 0 Å². The Morgan fingerprint density at radius 3 is 2.68 bits per heavy atom. The zero-order valence-corrected chi connectivity index (χ0v) is 13.9. The highest BCUT2D eigenvalue weighted by atomic mass is 16.5. The Labute approximate surface area is 146 Å². The summed E-state index contributed by atoms with van der Waals surface area (Å²) < 4.78 is 5.42. The van der Waals surface area contributed by atoms with E-state index in [4.69, 9.17) is 10.5 Å². The molecule has 0 radical (unpaired) electrons. The van der Waals surface area contributed by atoms with Gasteiger partial charge in [-0.3, -0.25) is 9.59 Å². The lowest BCUT2D eigenvalue weighted by Crippen LogP contribution is -2.40. The van der Waals surface area contributed by atoms with Crippen LogP contribution in [0.25, 0.3) is 0 Å². The van der Waals surface area contributed by atoms with E-state index >= 15 is 0 Å². The summed E-state index contributed by atoms with van der Waals surface area (Å²) in [6.45, 7) is 1.53. The Morgan fingerprint density at radius 2 is 1.92 bits per heavy atom. The highest BCUT2D eigenvalue weighted by molar-refractivity contribution is 5.97. The lowest BCUT2D eigenvalue weighted by atomic mass is 10.1. The van der Waals surface area contributed by atoms with Gasteiger partial charge in [0.1, 0.15) is 5.75 Å². The number of hydrogen-bond donors (Lipinski definition) is 2. The predicted octanol–water partition coefficient (Wildman–Crippen LogP) is 1.69. The Morgan fingerprint density at radius 1 is 1.16 bits per heavy atom. The van der Waals surface area contributed by atoms with Gasteiger partial charge in [0.15, 0.2) is 6.61 Å². The summed E-state index contributed by atoms with van der Waals surface area (Å²) in [6.07, 6.45) is 0.659. The molecule has 0 saturated carbocycles. The molecule has 3 rings (SSSR count). The molecule has 0 fully saturated rings. The average molecular weight is 339 g/mol. The van der Waals surface area contributed by atoms with Gasteiger partial charge in [0.05, 0.1) is 5.69 Å². The quantitative estimate of drug-likeness (QED) is 0.785. The monoisotopic (exact) mass is 339 g/mol. The van der Waals surface area contributed by atoms with E-state index in [-0.39, 0.29) is 18.4 Å². The van der Waals surface area contributed by atoms with Crippen molar-refractivity contribution in [1.82, 2.24) is 5.32 Å². The molecule has 0 aromatic heterocycles. The Kier molecular flexibility index (Phi) is 5.30. The van der Waals surface area contributed by atoms with Crippen LogP contribution in [-0.4, -0.2) is 31.5 Å². The first-order valence-electron chi connectivity index (χ1n) is 8.28. The van der Waals surface area contributed by atoms with Gasteiger partial charge in [-0.2, -0.15) is 0 Å². The Bertz CT molecular complexity index is 759. The highest BCUT2D eigenvalue weighted by Crippen LogP contribution is 2.31. The summed E-state index contributed by atoms with van der Waals surface area (Å²) in [5.41, 5.74) is 7.92.